The molecule has 11 N–H and O–H groups in total. The molecule has 0 aromatic heterocycles. The molecule has 4 unspecified atom stereocenters. The Balaban J connectivity index is 1.82. The summed E-state index contributed by atoms with van der Waals surface area (Å²) in [6.45, 7) is -2.26. The summed E-state index contributed by atoms with van der Waals surface area (Å²) in [5.41, 5.74) is 1.88. The van der Waals surface area contributed by atoms with Gasteiger partial charge in [0.1, 0.15) is 68.1 Å². The van der Waals surface area contributed by atoms with Crippen LogP contribution in [0.1, 0.15) is 0 Å². The van der Waals surface area contributed by atoms with Crippen LogP contribution in [0.15, 0.2) is 0 Å². The van der Waals surface area contributed by atoms with E-state index in [0.29, 0.717) is 0 Å². The molecule has 2 heterocycles. The van der Waals surface area contributed by atoms with Crippen LogP contribution in [0.3, 0.4) is 0 Å². The quantitative estimate of drug-likeness (QED) is 0.0459. The molecule has 0 radical (unpaired) electrons. The van der Waals surface area contributed by atoms with Gasteiger partial charge in [-0.3, -0.25) is 15.0 Å². The highest BCUT2D eigenvalue weighted by Gasteiger charge is 2.50. The number of nitrogens with two attached hydrogens (primary N) is 1. The van der Waals surface area contributed by atoms with Gasteiger partial charge in [-0.15, -0.1) is 0 Å². The van der Waals surface area contributed by atoms with E-state index in [1.807, 2.05) is 5.43 Å². The minimum atomic E-state index is -1.77. The van der Waals surface area contributed by atoms with Crippen molar-refractivity contribution in [2.75, 3.05) is 46.2 Å². The highest BCUT2D eigenvalue weighted by Crippen LogP contribution is 2.29. The molecule has 2 amide bonds. The van der Waals surface area contributed by atoms with E-state index in [0.717, 1.165) is 0 Å². The van der Waals surface area contributed by atoms with Gasteiger partial charge in [-0.2, -0.15) is 0 Å². The minimum Gasteiger partial charge on any atom is -0.394 e. The fourth-order valence-corrected chi connectivity index (χ4v) is 3.59. The van der Waals surface area contributed by atoms with Gasteiger partial charge in [-0.25, -0.2) is 5.84 Å². The predicted octanol–water partition coefficient (Wildman–Crippen LogP) is -7.21. The van der Waals surface area contributed by atoms with Crippen molar-refractivity contribution >= 4 is 11.8 Å². The molecule has 36 heavy (non-hydrogen) atoms. The number of aliphatic hydroxyl groups is 7. The van der Waals surface area contributed by atoms with E-state index >= 15 is 0 Å². The number of hydrogen-bond acceptors (Lipinski definition) is 15. The third kappa shape index (κ3) is 8.21. The van der Waals surface area contributed by atoms with Gasteiger partial charge >= 0.3 is 0 Å². The molecule has 2 saturated heterocycles. The normalized spacial score (nSPS) is 36.9. The molecule has 2 rings (SSSR count). The van der Waals surface area contributed by atoms with Crippen LogP contribution in [0.2, 0.25) is 0 Å². The maximum absolute atomic E-state index is 12.0. The molecule has 0 bridgehead atoms. The number of rotatable bonds is 13. The van der Waals surface area contributed by atoms with E-state index in [1.165, 1.54) is 0 Å². The van der Waals surface area contributed by atoms with Crippen LogP contribution in [-0.2, 0) is 33.3 Å². The van der Waals surface area contributed by atoms with Crippen LogP contribution >= 0.6 is 0 Å². The number of hydrazine groups is 1. The van der Waals surface area contributed by atoms with E-state index in [-0.39, 0.29) is 33.0 Å². The molecule has 2 fully saturated rings. The summed E-state index contributed by atoms with van der Waals surface area (Å²) in [5.74, 6) is 3.78. The summed E-state index contributed by atoms with van der Waals surface area (Å²) in [6.07, 6.45) is -15.2. The Morgan fingerprint density at radius 2 is 1.33 bits per heavy atom. The van der Waals surface area contributed by atoms with Crippen LogP contribution < -0.4 is 16.6 Å². The Kier molecular flexibility index (Phi) is 12.8. The van der Waals surface area contributed by atoms with Crippen molar-refractivity contribution in [3.05, 3.63) is 0 Å². The lowest BCUT2D eigenvalue weighted by atomic mass is 9.94. The van der Waals surface area contributed by atoms with Crippen LogP contribution in [0.5, 0.6) is 0 Å². The Morgan fingerprint density at radius 1 is 0.750 bits per heavy atom. The first-order valence-electron chi connectivity index (χ1n) is 11.1. The molecular weight excluding hydrogens is 494 g/mol. The average molecular weight is 529 g/mol. The molecule has 17 nitrogen and oxygen atoms in total. The maximum atomic E-state index is 12.0. The van der Waals surface area contributed by atoms with Crippen molar-refractivity contribution in [1.82, 2.24) is 10.7 Å². The first-order chi connectivity index (χ1) is 17.1. The molecule has 0 aromatic carbocycles. The van der Waals surface area contributed by atoms with Crippen molar-refractivity contribution in [2.24, 2.45) is 5.84 Å². The average Bonchev–Trinajstić information content (AvgIpc) is 2.88. The fraction of sp³-hybridized carbons (Fsp3) is 0.895. The van der Waals surface area contributed by atoms with Gasteiger partial charge in [0.25, 0.3) is 5.91 Å². The molecule has 0 aliphatic carbocycles. The van der Waals surface area contributed by atoms with Gasteiger partial charge in [0.15, 0.2) is 6.29 Å². The van der Waals surface area contributed by atoms with Gasteiger partial charge < -0.3 is 64.7 Å². The van der Waals surface area contributed by atoms with E-state index in [2.05, 4.69) is 5.32 Å². The summed E-state index contributed by atoms with van der Waals surface area (Å²) in [4.78, 5) is 22.8. The van der Waals surface area contributed by atoms with Crippen LogP contribution in [0, 0.1) is 0 Å². The molecule has 17 heteroatoms. The monoisotopic (exact) mass is 529 g/mol. The van der Waals surface area contributed by atoms with E-state index in [1.54, 1.807) is 0 Å². The molecule has 0 saturated carbocycles. The lowest BCUT2D eigenvalue weighted by molar-refractivity contribution is -0.341. The number of ether oxygens (including phenoxy) is 5. The topological polar surface area (TPSA) is 272 Å². The van der Waals surface area contributed by atoms with Gasteiger partial charge in [-0.05, 0) is 0 Å². The first-order valence-corrected chi connectivity index (χ1v) is 11.1. The van der Waals surface area contributed by atoms with E-state index in [4.69, 9.17) is 29.5 Å². The lowest BCUT2D eigenvalue weighted by Gasteiger charge is -2.46. The van der Waals surface area contributed by atoms with Crippen molar-refractivity contribution in [2.45, 2.75) is 61.2 Å². The molecule has 10 atom stereocenters. The SMILES string of the molecule is NNC(=O)COCCOCC(=O)NC[C@@H]1OC(CO)[C@@H](OC2OC(CO)[C@H](O)[C@H](O)[C@@H]2O)[C@H](O)C1O. The summed E-state index contributed by atoms with van der Waals surface area (Å²) in [7, 11) is 0. The van der Waals surface area contributed by atoms with Crippen molar-refractivity contribution in [3.63, 3.8) is 0 Å². The van der Waals surface area contributed by atoms with Crippen molar-refractivity contribution in [3.8, 4) is 0 Å². The Hall–Kier alpha value is -1.58. The third-order valence-corrected chi connectivity index (χ3v) is 5.60. The Bertz CT molecular complexity index is 686. The second kappa shape index (κ2) is 15.0. The number of nitrogens with one attached hydrogen (secondary N) is 2. The van der Waals surface area contributed by atoms with Crippen LogP contribution in [0.25, 0.3) is 0 Å². The van der Waals surface area contributed by atoms with Crippen molar-refractivity contribution in [1.29, 1.82) is 0 Å². The number of hydrogen-bond donors (Lipinski definition) is 10. The maximum Gasteiger partial charge on any atom is 0.259 e. The zero-order chi connectivity index (χ0) is 26.8. The van der Waals surface area contributed by atoms with Gasteiger partial charge in [0.05, 0.1) is 26.4 Å². The van der Waals surface area contributed by atoms with Crippen LogP contribution in [0.4, 0.5) is 0 Å². The molecular formula is C19H35N3O14. The second-order valence-electron chi connectivity index (χ2n) is 8.15. The zero-order valence-electron chi connectivity index (χ0n) is 19.3. The summed E-state index contributed by atoms with van der Waals surface area (Å²) in [5, 5.41) is 72.3. The number of aliphatic hydroxyl groups excluding tert-OH is 7. The zero-order valence-corrected chi connectivity index (χ0v) is 19.3. The molecule has 210 valence electrons. The standard InChI is InChI=1S/C19H35N3O14/c20-22-12(26)7-33-2-1-32-6-11(25)21-3-8-13(27)16(30)18(10(5-24)34-8)36-19-17(31)15(29)14(28)9(4-23)35-19/h8-10,13-19,23-24,27-31H,1-7,20H2,(H,21,25)(H,22,26)/t8-,9?,10?,13?,14-,15-,16+,17-,18+,19?/m0/s1. The van der Waals surface area contributed by atoms with E-state index < -0.39 is 86.3 Å². The highest BCUT2D eigenvalue weighted by atomic mass is 16.7. The first kappa shape index (κ1) is 30.6. The van der Waals surface area contributed by atoms with E-state index in [9.17, 15) is 45.3 Å². The number of carbonyl (C=O) groups excluding carboxylic acids is 2. The molecule has 0 spiro atoms. The lowest BCUT2D eigenvalue weighted by Crippen LogP contribution is -2.65. The minimum absolute atomic E-state index is 0.0100. The molecule has 2 aliphatic heterocycles. The van der Waals surface area contributed by atoms with Gasteiger partial charge in [-0.1, -0.05) is 0 Å². The third-order valence-electron chi connectivity index (χ3n) is 5.60. The van der Waals surface area contributed by atoms with Gasteiger partial charge in [0, 0.05) is 6.54 Å². The number of amides is 2. The summed E-state index contributed by atoms with van der Waals surface area (Å²) >= 11 is 0. The second-order valence-corrected chi connectivity index (χ2v) is 8.15. The largest absolute Gasteiger partial charge is 0.394 e. The fourth-order valence-electron chi connectivity index (χ4n) is 3.59. The Morgan fingerprint density at radius 3 is 1.92 bits per heavy atom. The molecule has 2 aliphatic rings. The smallest absolute Gasteiger partial charge is 0.259 e. The van der Waals surface area contributed by atoms with Gasteiger partial charge in [0.2, 0.25) is 5.91 Å². The number of carbonyl (C=O) groups is 2. The highest BCUT2D eigenvalue weighted by molar-refractivity contribution is 5.77. The van der Waals surface area contributed by atoms with Crippen molar-refractivity contribution < 1.29 is 69.0 Å². The van der Waals surface area contributed by atoms with Crippen LogP contribution in [-0.4, -0.2) is 155 Å². The molecule has 0 aromatic rings. The predicted molar refractivity (Wildman–Crippen MR) is 113 cm³/mol. The summed E-state index contributed by atoms with van der Waals surface area (Å²) in [6, 6.07) is 0. The summed E-state index contributed by atoms with van der Waals surface area (Å²) < 4.78 is 26.3. The Labute approximate surface area is 205 Å².